The predicted molar refractivity (Wildman–Crippen MR) is 77.6 cm³/mol. The molecule has 0 amide bonds. The Kier molecular flexibility index (Phi) is 3.66. The Morgan fingerprint density at radius 1 is 1.28 bits per heavy atom. The second-order valence-corrected chi connectivity index (χ2v) is 4.64. The molecule has 0 N–H and O–H groups in total. The monoisotopic (exact) mass is 255 g/mol. The zero-order chi connectivity index (χ0) is 13.1. The highest BCUT2D eigenvalue weighted by Crippen LogP contribution is 2.25. The van der Waals surface area contributed by atoms with Crippen molar-refractivity contribution in [2.45, 2.75) is 13.8 Å². The van der Waals surface area contributed by atoms with Crippen LogP contribution in [0.15, 0.2) is 48.8 Å². The first-order valence-electron chi connectivity index (χ1n) is 5.71. The number of rotatable bonds is 2. The van der Waals surface area contributed by atoms with Gasteiger partial charge in [-0.2, -0.15) is 0 Å². The molecular formula is C16H14ClN. The van der Waals surface area contributed by atoms with Gasteiger partial charge in [0.05, 0.1) is 5.69 Å². The van der Waals surface area contributed by atoms with Gasteiger partial charge in [-0.3, -0.25) is 4.98 Å². The van der Waals surface area contributed by atoms with Gasteiger partial charge >= 0.3 is 0 Å². The van der Waals surface area contributed by atoms with Crippen LogP contribution in [0.3, 0.4) is 0 Å². The number of pyridine rings is 1. The van der Waals surface area contributed by atoms with E-state index in [1.54, 1.807) is 0 Å². The Labute approximate surface area is 112 Å². The second kappa shape index (κ2) is 5.22. The summed E-state index contributed by atoms with van der Waals surface area (Å²) in [6.45, 7) is 7.65. The van der Waals surface area contributed by atoms with Crippen molar-refractivity contribution >= 4 is 17.2 Å². The second-order valence-electron chi connectivity index (χ2n) is 4.20. The zero-order valence-corrected chi connectivity index (χ0v) is 11.3. The minimum absolute atomic E-state index is 0.733. The summed E-state index contributed by atoms with van der Waals surface area (Å²) >= 11 is 6.00. The van der Waals surface area contributed by atoms with Crippen molar-refractivity contribution in [3.8, 4) is 11.1 Å². The van der Waals surface area contributed by atoms with Gasteiger partial charge in [-0.25, -0.2) is 0 Å². The Hall–Kier alpha value is -1.82. The Balaban J connectivity index is 2.50. The summed E-state index contributed by atoms with van der Waals surface area (Å²) in [6, 6.07) is 9.88. The molecule has 0 aliphatic carbocycles. The molecule has 0 spiro atoms. The maximum atomic E-state index is 6.00. The van der Waals surface area contributed by atoms with E-state index in [0.717, 1.165) is 33.0 Å². The summed E-state index contributed by atoms with van der Waals surface area (Å²) in [5.74, 6) is 0. The van der Waals surface area contributed by atoms with Crippen LogP contribution < -0.4 is 0 Å². The number of benzene rings is 1. The lowest BCUT2D eigenvalue weighted by Crippen LogP contribution is -1.91. The predicted octanol–water partition coefficient (Wildman–Crippen LogP) is 4.90. The summed E-state index contributed by atoms with van der Waals surface area (Å²) < 4.78 is 0. The smallest absolute Gasteiger partial charge is 0.0765 e. The molecule has 0 radical (unpaired) electrons. The van der Waals surface area contributed by atoms with Crippen LogP contribution in [0.2, 0.25) is 5.02 Å². The molecule has 2 aromatic rings. The number of hydrogen-bond acceptors (Lipinski definition) is 1. The van der Waals surface area contributed by atoms with Crippen LogP contribution in [0.1, 0.15) is 18.2 Å². The molecule has 18 heavy (non-hydrogen) atoms. The fourth-order valence-electron chi connectivity index (χ4n) is 1.88. The number of halogens is 1. The highest BCUT2D eigenvalue weighted by molar-refractivity contribution is 6.30. The van der Waals surface area contributed by atoms with Crippen LogP contribution in [-0.4, -0.2) is 4.98 Å². The van der Waals surface area contributed by atoms with Gasteiger partial charge in [-0.15, -0.1) is 5.73 Å². The maximum Gasteiger partial charge on any atom is 0.0765 e. The first-order valence-corrected chi connectivity index (χ1v) is 6.09. The number of allylic oxidation sites excluding steroid dienone is 1. The van der Waals surface area contributed by atoms with Crippen molar-refractivity contribution in [3.63, 3.8) is 0 Å². The molecule has 0 bridgehead atoms. The van der Waals surface area contributed by atoms with Crippen LogP contribution in [-0.2, 0) is 0 Å². The fourth-order valence-corrected chi connectivity index (χ4v) is 2.07. The van der Waals surface area contributed by atoms with E-state index in [4.69, 9.17) is 11.6 Å². The first-order chi connectivity index (χ1) is 8.61. The van der Waals surface area contributed by atoms with Crippen LogP contribution in [0.4, 0.5) is 0 Å². The lowest BCUT2D eigenvalue weighted by atomic mass is 10.0. The third-order valence-corrected chi connectivity index (χ3v) is 3.09. The van der Waals surface area contributed by atoms with Crippen LogP contribution in [0.25, 0.3) is 16.7 Å². The molecule has 0 aliphatic heterocycles. The molecule has 1 heterocycles. The molecule has 0 saturated heterocycles. The van der Waals surface area contributed by atoms with Crippen molar-refractivity contribution in [3.05, 3.63) is 65.1 Å². The topological polar surface area (TPSA) is 12.9 Å². The molecule has 0 fully saturated rings. The summed E-state index contributed by atoms with van der Waals surface area (Å²) in [5.41, 5.74) is 8.03. The van der Waals surface area contributed by atoms with E-state index < -0.39 is 0 Å². The standard InChI is InChI=1S/C16H14ClN/c1-4-11(2)16-12(3)8-14(10-18-16)13-6-5-7-15(17)9-13/h5-10H,1H2,2-3H3. The Morgan fingerprint density at radius 3 is 2.67 bits per heavy atom. The van der Waals surface area contributed by atoms with Gasteiger partial charge in [0.1, 0.15) is 0 Å². The van der Waals surface area contributed by atoms with E-state index in [2.05, 4.69) is 23.4 Å². The average Bonchev–Trinajstić information content (AvgIpc) is 2.37. The molecule has 0 atom stereocenters. The largest absolute Gasteiger partial charge is 0.255 e. The van der Waals surface area contributed by atoms with Gasteiger partial charge < -0.3 is 0 Å². The molecular weight excluding hydrogens is 242 g/mol. The molecule has 1 aromatic carbocycles. The summed E-state index contributed by atoms with van der Waals surface area (Å²) in [7, 11) is 0. The number of aryl methyl sites for hydroxylation is 1. The van der Waals surface area contributed by atoms with Gasteiger partial charge in [-0.1, -0.05) is 30.3 Å². The third kappa shape index (κ3) is 2.53. The lowest BCUT2D eigenvalue weighted by molar-refractivity contribution is 1.21. The number of hydrogen-bond donors (Lipinski definition) is 0. The normalized spacial score (nSPS) is 9.94. The molecule has 90 valence electrons. The molecule has 1 aromatic heterocycles. The van der Waals surface area contributed by atoms with Crippen molar-refractivity contribution in [1.82, 2.24) is 4.98 Å². The van der Waals surface area contributed by atoms with Gasteiger partial charge in [-0.05, 0) is 43.2 Å². The molecule has 0 saturated carbocycles. The van der Waals surface area contributed by atoms with Crippen molar-refractivity contribution in [2.75, 3.05) is 0 Å². The van der Waals surface area contributed by atoms with Gasteiger partial charge in [0.25, 0.3) is 0 Å². The molecule has 0 unspecified atom stereocenters. The fraction of sp³-hybridized carbons (Fsp3) is 0.125. The van der Waals surface area contributed by atoms with Gasteiger partial charge in [0.2, 0.25) is 0 Å². The highest BCUT2D eigenvalue weighted by atomic mass is 35.5. The van der Waals surface area contributed by atoms with Gasteiger partial charge in [0, 0.05) is 22.4 Å². The highest BCUT2D eigenvalue weighted by Gasteiger charge is 2.05. The third-order valence-electron chi connectivity index (χ3n) is 2.86. The minimum atomic E-state index is 0.733. The number of nitrogens with zero attached hydrogens (tertiary/aromatic N) is 1. The van der Waals surface area contributed by atoms with Crippen molar-refractivity contribution in [2.24, 2.45) is 0 Å². The molecule has 0 aliphatic rings. The lowest BCUT2D eigenvalue weighted by Gasteiger charge is -2.07. The van der Waals surface area contributed by atoms with E-state index >= 15 is 0 Å². The zero-order valence-electron chi connectivity index (χ0n) is 10.5. The van der Waals surface area contributed by atoms with Crippen LogP contribution >= 0.6 is 11.6 Å². The Bertz CT molecular complexity index is 637. The maximum absolute atomic E-state index is 6.00. The molecule has 2 rings (SSSR count). The van der Waals surface area contributed by atoms with Gasteiger partial charge in [0.15, 0.2) is 0 Å². The Morgan fingerprint density at radius 2 is 2.06 bits per heavy atom. The van der Waals surface area contributed by atoms with E-state index in [-0.39, 0.29) is 0 Å². The van der Waals surface area contributed by atoms with E-state index in [1.165, 1.54) is 0 Å². The van der Waals surface area contributed by atoms with E-state index in [9.17, 15) is 0 Å². The summed E-state index contributed by atoms with van der Waals surface area (Å²) in [6.07, 6.45) is 1.86. The van der Waals surface area contributed by atoms with E-state index in [1.807, 2.05) is 44.3 Å². The SMILES string of the molecule is C=C=C(C)c1ncc(-c2cccc(Cl)c2)cc1C. The molecule has 2 heteroatoms. The summed E-state index contributed by atoms with van der Waals surface area (Å²) in [4.78, 5) is 4.47. The quantitative estimate of drug-likeness (QED) is 0.696. The van der Waals surface area contributed by atoms with Crippen LogP contribution in [0, 0.1) is 6.92 Å². The van der Waals surface area contributed by atoms with Crippen molar-refractivity contribution in [1.29, 1.82) is 0 Å². The summed E-state index contributed by atoms with van der Waals surface area (Å²) in [5, 5.41) is 0.733. The molecule has 1 nitrogen and oxygen atoms in total. The van der Waals surface area contributed by atoms with E-state index in [0.29, 0.717) is 0 Å². The minimum Gasteiger partial charge on any atom is -0.255 e. The first kappa shape index (κ1) is 12.6. The number of aromatic nitrogens is 1. The average molecular weight is 256 g/mol. The van der Waals surface area contributed by atoms with Crippen molar-refractivity contribution < 1.29 is 0 Å². The van der Waals surface area contributed by atoms with Crippen LogP contribution in [0.5, 0.6) is 0 Å².